The van der Waals surface area contributed by atoms with Gasteiger partial charge in [0.15, 0.2) is 0 Å². The molecule has 1 unspecified atom stereocenters. The Bertz CT molecular complexity index is 1040. The van der Waals surface area contributed by atoms with E-state index >= 15 is 0 Å². The second-order valence-electron chi connectivity index (χ2n) is 8.49. The van der Waals surface area contributed by atoms with E-state index in [0.717, 1.165) is 5.56 Å². The van der Waals surface area contributed by atoms with Crippen LogP contribution in [0.5, 0.6) is 5.75 Å². The molecule has 3 rings (SSSR count). The summed E-state index contributed by atoms with van der Waals surface area (Å²) in [5.74, 6) is -1.44. The summed E-state index contributed by atoms with van der Waals surface area (Å²) in [6.07, 6.45) is -0.00588. The molecule has 1 fully saturated rings. The molecule has 1 saturated heterocycles. The van der Waals surface area contributed by atoms with Gasteiger partial charge >= 0.3 is 0 Å². The molecule has 1 aliphatic rings. The number of ketones is 1. The van der Waals surface area contributed by atoms with Crippen LogP contribution in [0.15, 0.2) is 48.0 Å². The number of nitrogens with zero attached hydrogens (tertiary/aromatic N) is 2. The lowest BCUT2D eigenvalue weighted by Crippen LogP contribution is -2.35. The van der Waals surface area contributed by atoms with Crippen LogP contribution < -0.4 is 4.74 Å². The molecule has 2 aromatic rings. The van der Waals surface area contributed by atoms with Gasteiger partial charge in [-0.05, 0) is 76.3 Å². The van der Waals surface area contributed by atoms with Crippen molar-refractivity contribution in [1.29, 1.82) is 0 Å². The molecule has 1 aliphatic heterocycles. The molecule has 6 nitrogen and oxygen atoms in total. The van der Waals surface area contributed by atoms with Gasteiger partial charge in [-0.2, -0.15) is 0 Å². The summed E-state index contributed by atoms with van der Waals surface area (Å²) in [7, 11) is 3.74. The first kappa shape index (κ1) is 23.5. The van der Waals surface area contributed by atoms with E-state index in [0.29, 0.717) is 23.4 Å². The second kappa shape index (κ2) is 9.53. The zero-order valence-corrected chi connectivity index (χ0v) is 19.1. The van der Waals surface area contributed by atoms with Crippen LogP contribution in [0.25, 0.3) is 5.76 Å². The number of likely N-dealkylation sites (tertiary alicyclic amines) is 1. The molecule has 7 heteroatoms. The topological polar surface area (TPSA) is 70.1 Å². The number of carbonyl (C=O) groups excluding carboxylic acids is 2. The minimum atomic E-state index is -0.803. The van der Waals surface area contributed by atoms with Crippen molar-refractivity contribution in [3.63, 3.8) is 0 Å². The van der Waals surface area contributed by atoms with Crippen LogP contribution in [0.3, 0.4) is 0 Å². The average molecular weight is 441 g/mol. The van der Waals surface area contributed by atoms with E-state index in [4.69, 9.17) is 4.74 Å². The van der Waals surface area contributed by atoms with Gasteiger partial charge in [-0.25, -0.2) is 4.39 Å². The highest BCUT2D eigenvalue weighted by molar-refractivity contribution is 6.46. The highest BCUT2D eigenvalue weighted by Gasteiger charge is 2.45. The molecule has 1 amide bonds. The fraction of sp³-hybridized carbons (Fsp3) is 0.360. The fourth-order valence-corrected chi connectivity index (χ4v) is 3.75. The Hall–Kier alpha value is -3.19. The third kappa shape index (κ3) is 4.83. The monoisotopic (exact) mass is 440 g/mol. The number of ether oxygens (including phenoxy) is 1. The minimum Gasteiger partial charge on any atom is -0.507 e. The molecular weight excluding hydrogens is 411 g/mol. The lowest BCUT2D eigenvalue weighted by atomic mass is 9.94. The first-order valence-corrected chi connectivity index (χ1v) is 10.6. The number of benzene rings is 2. The third-order valence-electron chi connectivity index (χ3n) is 5.32. The van der Waals surface area contributed by atoms with Gasteiger partial charge in [0.05, 0.1) is 17.7 Å². The van der Waals surface area contributed by atoms with E-state index < -0.39 is 23.5 Å². The number of Topliss-reactive ketones (excluding diaryl/α,β-unsaturated/α-hetero) is 1. The van der Waals surface area contributed by atoms with Crippen molar-refractivity contribution >= 4 is 17.4 Å². The molecule has 0 aliphatic carbocycles. The van der Waals surface area contributed by atoms with Gasteiger partial charge in [-0.1, -0.05) is 12.1 Å². The number of aliphatic hydroxyl groups excluding tert-OH is 1. The van der Waals surface area contributed by atoms with Crippen molar-refractivity contribution in [3.8, 4) is 5.75 Å². The van der Waals surface area contributed by atoms with Crippen molar-refractivity contribution < 1.29 is 23.8 Å². The first-order chi connectivity index (χ1) is 15.1. The molecule has 1 atom stereocenters. The summed E-state index contributed by atoms with van der Waals surface area (Å²) in [5.41, 5.74) is 1.76. The summed E-state index contributed by atoms with van der Waals surface area (Å²) in [6.45, 7) is 6.51. The van der Waals surface area contributed by atoms with Crippen LogP contribution in [-0.4, -0.2) is 59.9 Å². The van der Waals surface area contributed by atoms with Crippen LogP contribution in [0.4, 0.5) is 4.39 Å². The second-order valence-corrected chi connectivity index (χ2v) is 8.49. The van der Waals surface area contributed by atoms with E-state index in [2.05, 4.69) is 0 Å². The van der Waals surface area contributed by atoms with E-state index in [1.807, 2.05) is 39.8 Å². The smallest absolute Gasteiger partial charge is 0.295 e. The molecule has 1 N–H and O–H groups in total. The van der Waals surface area contributed by atoms with Crippen LogP contribution in [0, 0.1) is 12.7 Å². The van der Waals surface area contributed by atoms with E-state index in [9.17, 15) is 19.1 Å². The van der Waals surface area contributed by atoms with Crippen LogP contribution >= 0.6 is 0 Å². The maximum Gasteiger partial charge on any atom is 0.295 e. The number of carbonyl (C=O) groups is 2. The van der Waals surface area contributed by atoms with E-state index in [-0.39, 0.29) is 24.0 Å². The van der Waals surface area contributed by atoms with Gasteiger partial charge in [0.25, 0.3) is 11.7 Å². The van der Waals surface area contributed by atoms with Gasteiger partial charge in [-0.15, -0.1) is 0 Å². The minimum absolute atomic E-state index is 0.00251. The standard InChI is InChI=1S/C25H29FN2O4/c1-15(2)32-20-11-8-18(14-16(20)3)23(29)21-22(17-6-9-19(26)10-7-17)28(13-12-27(4)5)25(31)24(21)30/h6-11,14-15,22,29H,12-13H2,1-5H3/b23-21-. The molecular formula is C25H29FN2O4. The number of aryl methyl sites for hydroxylation is 1. The van der Waals surface area contributed by atoms with Crippen molar-refractivity contribution in [1.82, 2.24) is 9.80 Å². The van der Waals surface area contributed by atoms with E-state index in [1.165, 1.54) is 29.2 Å². The number of halogens is 1. The fourth-order valence-electron chi connectivity index (χ4n) is 3.75. The molecule has 2 aromatic carbocycles. The Balaban J connectivity index is 2.11. The number of hydrogen-bond donors (Lipinski definition) is 1. The Morgan fingerprint density at radius 2 is 1.81 bits per heavy atom. The van der Waals surface area contributed by atoms with Crippen LogP contribution in [0.1, 0.15) is 36.6 Å². The molecule has 170 valence electrons. The zero-order valence-electron chi connectivity index (χ0n) is 19.1. The molecule has 0 saturated carbocycles. The predicted octanol–water partition coefficient (Wildman–Crippen LogP) is 3.90. The average Bonchev–Trinajstić information content (AvgIpc) is 2.98. The zero-order chi connectivity index (χ0) is 23.6. The SMILES string of the molecule is Cc1cc(/C(O)=C2/C(=O)C(=O)N(CCN(C)C)C2c2ccc(F)cc2)ccc1OC(C)C. The molecule has 0 aromatic heterocycles. The highest BCUT2D eigenvalue weighted by atomic mass is 19.1. The van der Waals surface area contributed by atoms with Crippen LogP contribution in [0.2, 0.25) is 0 Å². The summed E-state index contributed by atoms with van der Waals surface area (Å²) in [4.78, 5) is 29.2. The number of likely N-dealkylation sites (N-methyl/N-ethyl adjacent to an activating group) is 1. The molecule has 1 heterocycles. The van der Waals surface area contributed by atoms with Gasteiger partial charge in [0, 0.05) is 18.7 Å². The maximum atomic E-state index is 13.5. The number of amides is 1. The highest BCUT2D eigenvalue weighted by Crippen LogP contribution is 2.39. The van der Waals surface area contributed by atoms with Gasteiger partial charge in [0.2, 0.25) is 0 Å². The molecule has 0 bridgehead atoms. The Morgan fingerprint density at radius 3 is 2.38 bits per heavy atom. The lowest BCUT2D eigenvalue weighted by Gasteiger charge is -2.26. The van der Waals surface area contributed by atoms with E-state index in [1.54, 1.807) is 18.2 Å². The summed E-state index contributed by atoms with van der Waals surface area (Å²) in [5, 5.41) is 11.1. The Labute approximate surface area is 187 Å². The largest absolute Gasteiger partial charge is 0.507 e. The lowest BCUT2D eigenvalue weighted by molar-refractivity contribution is -0.140. The summed E-state index contributed by atoms with van der Waals surface area (Å²) < 4.78 is 19.3. The van der Waals surface area contributed by atoms with Crippen molar-refractivity contribution in [3.05, 3.63) is 70.5 Å². The number of rotatable bonds is 7. The summed E-state index contributed by atoms with van der Waals surface area (Å²) in [6, 6.07) is 9.95. The van der Waals surface area contributed by atoms with Crippen molar-refractivity contribution in [2.45, 2.75) is 32.9 Å². The van der Waals surface area contributed by atoms with Crippen LogP contribution in [-0.2, 0) is 9.59 Å². The first-order valence-electron chi connectivity index (χ1n) is 10.6. The number of hydrogen-bond acceptors (Lipinski definition) is 5. The van der Waals surface area contributed by atoms with Gasteiger partial charge in [-0.3, -0.25) is 9.59 Å². The molecule has 32 heavy (non-hydrogen) atoms. The molecule has 0 spiro atoms. The molecule has 0 radical (unpaired) electrons. The van der Waals surface area contributed by atoms with Gasteiger partial charge < -0.3 is 19.6 Å². The predicted molar refractivity (Wildman–Crippen MR) is 121 cm³/mol. The number of aliphatic hydroxyl groups is 1. The normalized spacial score (nSPS) is 18.1. The van der Waals surface area contributed by atoms with Crippen molar-refractivity contribution in [2.75, 3.05) is 27.2 Å². The maximum absolute atomic E-state index is 13.5. The Kier molecular flexibility index (Phi) is 6.99. The summed E-state index contributed by atoms with van der Waals surface area (Å²) >= 11 is 0. The third-order valence-corrected chi connectivity index (χ3v) is 5.32. The van der Waals surface area contributed by atoms with Crippen molar-refractivity contribution in [2.24, 2.45) is 0 Å². The quantitative estimate of drug-likeness (QED) is 0.402. The Morgan fingerprint density at radius 1 is 1.16 bits per heavy atom. The van der Waals surface area contributed by atoms with Gasteiger partial charge in [0.1, 0.15) is 17.3 Å².